The molecule has 0 bridgehead atoms. The number of halogens is 1. The molecule has 0 aliphatic carbocycles. The molecule has 0 saturated carbocycles. The third-order valence-corrected chi connectivity index (χ3v) is 2.10. The molecule has 5 N–H and O–H groups in total. The van der Waals surface area contributed by atoms with Crippen molar-refractivity contribution < 1.29 is 9.90 Å². The highest BCUT2D eigenvalue weighted by Crippen LogP contribution is 2.22. The number of pyridine rings is 1. The molecule has 0 aliphatic rings. The smallest absolute Gasteiger partial charge is 0.336 e. The summed E-state index contributed by atoms with van der Waals surface area (Å²) in [6.45, 7) is 0.117. The third-order valence-electron chi connectivity index (χ3n) is 1.80. The summed E-state index contributed by atoms with van der Waals surface area (Å²) < 4.78 is 0. The SMILES string of the molecule is NCC(N)c1c(C(=O)O)ccnc1Cl. The molecule has 0 aromatic carbocycles. The lowest BCUT2D eigenvalue weighted by atomic mass is 10.0. The van der Waals surface area contributed by atoms with Gasteiger partial charge in [-0.2, -0.15) is 0 Å². The Hall–Kier alpha value is -1.17. The first kappa shape index (κ1) is 10.9. The van der Waals surface area contributed by atoms with Gasteiger partial charge in [-0.3, -0.25) is 0 Å². The molecule has 14 heavy (non-hydrogen) atoms. The normalized spacial score (nSPS) is 12.5. The first-order valence-corrected chi connectivity index (χ1v) is 4.29. The standard InChI is InChI=1S/C8H10ClN3O2/c9-7-6(5(11)3-10)4(8(13)14)1-2-12-7/h1-2,5H,3,10-11H2,(H,13,14). The van der Waals surface area contributed by atoms with Crippen molar-refractivity contribution in [2.24, 2.45) is 11.5 Å². The van der Waals surface area contributed by atoms with Gasteiger partial charge in [0.1, 0.15) is 5.15 Å². The number of carboxylic acid groups (broad SMARTS) is 1. The molecule has 0 aliphatic heterocycles. The second-order valence-corrected chi connectivity index (χ2v) is 3.07. The largest absolute Gasteiger partial charge is 0.478 e. The molecule has 1 rings (SSSR count). The number of nitrogens with two attached hydrogens (primary N) is 2. The molecule has 1 atom stereocenters. The van der Waals surface area contributed by atoms with Crippen LogP contribution in [-0.4, -0.2) is 22.6 Å². The van der Waals surface area contributed by atoms with Crippen LogP contribution in [0, 0.1) is 0 Å². The Morgan fingerprint density at radius 1 is 1.71 bits per heavy atom. The van der Waals surface area contributed by atoms with E-state index in [1.165, 1.54) is 12.3 Å². The van der Waals surface area contributed by atoms with E-state index in [1.54, 1.807) is 0 Å². The lowest BCUT2D eigenvalue weighted by molar-refractivity contribution is 0.0695. The van der Waals surface area contributed by atoms with Gasteiger partial charge < -0.3 is 16.6 Å². The predicted octanol–water partition coefficient (Wildman–Crippen LogP) is 0.392. The minimum atomic E-state index is -1.09. The number of nitrogens with zero attached hydrogens (tertiary/aromatic N) is 1. The van der Waals surface area contributed by atoms with Crippen molar-refractivity contribution in [1.29, 1.82) is 0 Å². The number of hydrogen-bond donors (Lipinski definition) is 3. The van der Waals surface area contributed by atoms with E-state index in [-0.39, 0.29) is 22.8 Å². The Balaban J connectivity index is 3.29. The second-order valence-electron chi connectivity index (χ2n) is 2.71. The number of aromatic nitrogens is 1. The summed E-state index contributed by atoms with van der Waals surface area (Å²) in [5.41, 5.74) is 11.3. The van der Waals surface area contributed by atoms with Crippen LogP contribution in [0.15, 0.2) is 12.3 Å². The molecular weight excluding hydrogens is 206 g/mol. The first-order valence-electron chi connectivity index (χ1n) is 3.91. The third kappa shape index (κ3) is 2.01. The van der Waals surface area contributed by atoms with E-state index >= 15 is 0 Å². The average molecular weight is 216 g/mol. The quantitative estimate of drug-likeness (QED) is 0.633. The number of aromatic carboxylic acids is 1. The number of rotatable bonds is 3. The topological polar surface area (TPSA) is 102 Å². The van der Waals surface area contributed by atoms with Gasteiger partial charge in [0.15, 0.2) is 0 Å². The van der Waals surface area contributed by atoms with Crippen molar-refractivity contribution in [2.45, 2.75) is 6.04 Å². The van der Waals surface area contributed by atoms with Gasteiger partial charge in [0.2, 0.25) is 0 Å². The van der Waals surface area contributed by atoms with Gasteiger partial charge in [-0.05, 0) is 6.07 Å². The summed E-state index contributed by atoms with van der Waals surface area (Å²) in [6, 6.07) is 0.737. The van der Waals surface area contributed by atoms with Gasteiger partial charge in [-0.25, -0.2) is 9.78 Å². The van der Waals surface area contributed by atoms with Crippen LogP contribution >= 0.6 is 11.6 Å². The molecule has 1 heterocycles. The van der Waals surface area contributed by atoms with Gasteiger partial charge in [-0.1, -0.05) is 11.6 Å². The molecular formula is C8H10ClN3O2. The predicted molar refractivity (Wildman–Crippen MR) is 52.2 cm³/mol. The van der Waals surface area contributed by atoms with Gasteiger partial charge in [0.05, 0.1) is 5.56 Å². The Morgan fingerprint density at radius 3 is 2.86 bits per heavy atom. The van der Waals surface area contributed by atoms with E-state index < -0.39 is 12.0 Å². The van der Waals surface area contributed by atoms with E-state index in [2.05, 4.69) is 4.98 Å². The second kappa shape index (κ2) is 4.36. The summed E-state index contributed by atoms with van der Waals surface area (Å²) in [5.74, 6) is -1.09. The van der Waals surface area contributed by atoms with E-state index in [1.807, 2.05) is 0 Å². The zero-order valence-corrected chi connectivity index (χ0v) is 8.03. The highest BCUT2D eigenvalue weighted by Gasteiger charge is 2.18. The molecule has 0 spiro atoms. The monoisotopic (exact) mass is 215 g/mol. The lowest BCUT2D eigenvalue weighted by Crippen LogP contribution is -2.24. The molecule has 1 unspecified atom stereocenters. The van der Waals surface area contributed by atoms with E-state index in [9.17, 15) is 4.79 Å². The average Bonchev–Trinajstić information content (AvgIpc) is 2.16. The van der Waals surface area contributed by atoms with Crippen molar-refractivity contribution in [2.75, 3.05) is 6.54 Å². The minimum absolute atomic E-state index is 0.0444. The minimum Gasteiger partial charge on any atom is -0.478 e. The maximum absolute atomic E-state index is 10.8. The van der Waals surface area contributed by atoms with Crippen LogP contribution in [0.2, 0.25) is 5.15 Å². The number of carbonyl (C=O) groups is 1. The Labute approximate surface area is 85.7 Å². The number of hydrogen-bond acceptors (Lipinski definition) is 4. The number of carboxylic acids is 1. The van der Waals surface area contributed by atoms with Crippen molar-refractivity contribution >= 4 is 17.6 Å². The van der Waals surface area contributed by atoms with E-state index in [0.717, 1.165) is 0 Å². The van der Waals surface area contributed by atoms with Crippen molar-refractivity contribution in [3.63, 3.8) is 0 Å². The zero-order valence-electron chi connectivity index (χ0n) is 7.27. The molecule has 76 valence electrons. The zero-order chi connectivity index (χ0) is 10.7. The van der Waals surface area contributed by atoms with Gasteiger partial charge in [0.25, 0.3) is 0 Å². The summed E-state index contributed by atoms with van der Waals surface area (Å²) in [4.78, 5) is 14.6. The maximum Gasteiger partial charge on any atom is 0.336 e. The van der Waals surface area contributed by atoms with Crippen molar-refractivity contribution in [3.8, 4) is 0 Å². The highest BCUT2D eigenvalue weighted by molar-refractivity contribution is 6.30. The van der Waals surface area contributed by atoms with Crippen LogP contribution < -0.4 is 11.5 Å². The Kier molecular flexibility index (Phi) is 3.40. The van der Waals surface area contributed by atoms with Crippen molar-refractivity contribution in [3.05, 3.63) is 28.5 Å². The fourth-order valence-corrected chi connectivity index (χ4v) is 1.40. The van der Waals surface area contributed by atoms with Crippen LogP contribution in [0.4, 0.5) is 0 Å². The summed E-state index contributed by atoms with van der Waals surface area (Å²) in [5, 5.41) is 8.94. The molecule has 6 heteroatoms. The highest BCUT2D eigenvalue weighted by atomic mass is 35.5. The molecule has 5 nitrogen and oxygen atoms in total. The fourth-order valence-electron chi connectivity index (χ4n) is 1.10. The van der Waals surface area contributed by atoms with Crippen LogP contribution in [0.5, 0.6) is 0 Å². The molecule has 0 radical (unpaired) electrons. The summed E-state index contributed by atoms with van der Waals surface area (Å²) >= 11 is 5.74. The maximum atomic E-state index is 10.8. The Bertz CT molecular complexity index is 356. The molecule has 0 saturated heterocycles. The van der Waals surface area contributed by atoms with E-state index in [4.69, 9.17) is 28.2 Å². The lowest BCUT2D eigenvalue weighted by Gasteiger charge is -2.12. The Morgan fingerprint density at radius 2 is 2.36 bits per heavy atom. The van der Waals surface area contributed by atoms with Gasteiger partial charge >= 0.3 is 5.97 Å². The molecule has 1 aromatic heterocycles. The first-order chi connectivity index (χ1) is 6.57. The van der Waals surface area contributed by atoms with Crippen molar-refractivity contribution in [1.82, 2.24) is 4.98 Å². The molecule has 0 fully saturated rings. The molecule has 0 amide bonds. The van der Waals surface area contributed by atoms with Crippen LogP contribution in [0.25, 0.3) is 0 Å². The molecule has 1 aromatic rings. The summed E-state index contributed by atoms with van der Waals surface area (Å²) in [6.07, 6.45) is 1.32. The van der Waals surface area contributed by atoms with E-state index in [0.29, 0.717) is 0 Å². The fraction of sp³-hybridized carbons (Fsp3) is 0.250. The summed E-state index contributed by atoms with van der Waals surface area (Å²) in [7, 11) is 0. The van der Waals surface area contributed by atoms with Crippen LogP contribution in [0.3, 0.4) is 0 Å². The van der Waals surface area contributed by atoms with Crippen LogP contribution in [-0.2, 0) is 0 Å². The van der Waals surface area contributed by atoms with Crippen LogP contribution in [0.1, 0.15) is 22.0 Å². The van der Waals surface area contributed by atoms with Gasteiger partial charge in [0, 0.05) is 24.3 Å². The van der Waals surface area contributed by atoms with Gasteiger partial charge in [-0.15, -0.1) is 0 Å².